The Morgan fingerprint density at radius 2 is 0.880 bits per heavy atom. The smallest absolute Gasteiger partial charge is 0.324 e. The van der Waals surface area contributed by atoms with Gasteiger partial charge < -0.3 is 9.79 Å². The monoisotopic (exact) mass is 420 g/mol. The van der Waals surface area contributed by atoms with Crippen molar-refractivity contribution < 1.29 is 30.8 Å². The molecule has 0 aromatic carbocycles. The van der Waals surface area contributed by atoms with E-state index in [1.807, 2.05) is 0 Å². The van der Waals surface area contributed by atoms with Crippen molar-refractivity contribution >= 4 is 7.60 Å². The summed E-state index contributed by atoms with van der Waals surface area (Å²) in [7, 11) is -3.91. The minimum Gasteiger partial charge on any atom is -0.324 e. The van der Waals surface area contributed by atoms with Gasteiger partial charge in [0.2, 0.25) is 0 Å². The third-order valence-corrected chi connectivity index (χ3v) is 6.48. The van der Waals surface area contributed by atoms with Crippen LogP contribution in [0.4, 0.5) is 0 Å². The van der Waals surface area contributed by atoms with E-state index in [1.165, 1.54) is 70.6 Å². The van der Waals surface area contributed by atoms with Gasteiger partial charge in [-0.25, -0.2) is 0 Å². The van der Waals surface area contributed by atoms with Gasteiger partial charge in [-0.1, -0.05) is 110 Å². The number of unbranched alkanes of at least 4 members (excludes halogenated alkanes) is 13. The standard InChI is InChI=1S/C20H43O3P.Ni/c1-3-5-7-9-11-13-15-17-19-20(24(21,22)23)18-16-14-12-10-8-6-4-2;/h20H,3-19H2,1-2H3,(H2,21,22,23);. The van der Waals surface area contributed by atoms with Crippen LogP contribution in [-0.4, -0.2) is 15.4 Å². The van der Waals surface area contributed by atoms with Crippen molar-refractivity contribution in [2.45, 2.75) is 129 Å². The van der Waals surface area contributed by atoms with Crippen LogP contribution in [0.2, 0.25) is 0 Å². The van der Waals surface area contributed by atoms with E-state index in [0.717, 1.165) is 25.7 Å². The Labute approximate surface area is 167 Å². The summed E-state index contributed by atoms with van der Waals surface area (Å²) in [5.41, 5.74) is -0.395. The zero-order valence-corrected chi connectivity index (χ0v) is 18.5. The molecule has 2 N–H and O–H groups in total. The minimum atomic E-state index is -3.91. The molecule has 0 saturated carbocycles. The molecule has 0 aliphatic carbocycles. The largest absolute Gasteiger partial charge is 0.328 e. The summed E-state index contributed by atoms with van der Waals surface area (Å²) in [5, 5.41) is 0. The maximum Gasteiger partial charge on any atom is 0.328 e. The van der Waals surface area contributed by atoms with Gasteiger partial charge in [-0.2, -0.15) is 0 Å². The molecule has 0 rings (SSSR count). The Kier molecular flexibility index (Phi) is 21.6. The Hall–Kier alpha value is 0.644. The van der Waals surface area contributed by atoms with Crippen LogP contribution in [0.5, 0.6) is 0 Å². The zero-order valence-electron chi connectivity index (χ0n) is 16.7. The summed E-state index contributed by atoms with van der Waals surface area (Å²) in [6.07, 6.45) is 19.7. The molecule has 0 aromatic heterocycles. The third kappa shape index (κ3) is 19.2. The first-order valence-electron chi connectivity index (χ1n) is 10.6. The molecule has 3 nitrogen and oxygen atoms in total. The first kappa shape index (κ1) is 27.9. The van der Waals surface area contributed by atoms with E-state index in [9.17, 15) is 14.4 Å². The van der Waals surface area contributed by atoms with Gasteiger partial charge >= 0.3 is 7.60 Å². The Bertz CT molecular complexity index is 307. The van der Waals surface area contributed by atoms with Gasteiger partial charge in [0, 0.05) is 16.5 Å². The van der Waals surface area contributed by atoms with E-state index in [0.29, 0.717) is 12.8 Å². The van der Waals surface area contributed by atoms with Crippen LogP contribution in [-0.2, 0) is 21.1 Å². The average molecular weight is 421 g/mol. The number of hydrogen-bond acceptors (Lipinski definition) is 1. The molecule has 156 valence electrons. The van der Waals surface area contributed by atoms with Crippen LogP contribution >= 0.6 is 7.60 Å². The van der Waals surface area contributed by atoms with E-state index < -0.39 is 13.3 Å². The first-order chi connectivity index (χ1) is 11.5. The third-order valence-electron chi connectivity index (χ3n) is 5.01. The Morgan fingerprint density at radius 1 is 0.600 bits per heavy atom. The first-order valence-corrected chi connectivity index (χ1v) is 12.3. The molecule has 1 atom stereocenters. The van der Waals surface area contributed by atoms with Gasteiger partial charge in [0.25, 0.3) is 0 Å². The average Bonchev–Trinajstić information content (AvgIpc) is 2.53. The molecule has 0 heterocycles. The predicted molar refractivity (Wildman–Crippen MR) is 106 cm³/mol. The maximum absolute atomic E-state index is 11.7. The topological polar surface area (TPSA) is 57.5 Å². The molecule has 0 spiro atoms. The Balaban J connectivity index is 0. The van der Waals surface area contributed by atoms with E-state index >= 15 is 0 Å². The molecule has 0 bridgehead atoms. The van der Waals surface area contributed by atoms with Crippen molar-refractivity contribution in [3.8, 4) is 0 Å². The summed E-state index contributed by atoms with van der Waals surface area (Å²) in [4.78, 5) is 19.1. The molecular formula is C20H43NiO3P. The molecule has 0 aromatic rings. The SMILES string of the molecule is CCCCCCCCCCC(CCCCCCCCC)P(=O)(O)O.[Ni]. The molecule has 5 heteroatoms. The molecule has 25 heavy (non-hydrogen) atoms. The summed E-state index contributed by atoms with van der Waals surface area (Å²) >= 11 is 0. The van der Waals surface area contributed by atoms with Gasteiger partial charge in [0.1, 0.15) is 0 Å². The van der Waals surface area contributed by atoms with Crippen molar-refractivity contribution in [3.05, 3.63) is 0 Å². The van der Waals surface area contributed by atoms with Crippen LogP contribution in [0, 0.1) is 0 Å². The fraction of sp³-hybridized carbons (Fsp3) is 1.00. The zero-order chi connectivity index (χ0) is 18.1. The van der Waals surface area contributed by atoms with Crippen molar-refractivity contribution in [2.24, 2.45) is 0 Å². The quantitative estimate of drug-likeness (QED) is 0.140. The normalized spacial score (nSPS) is 12.8. The van der Waals surface area contributed by atoms with E-state index in [2.05, 4.69) is 13.8 Å². The van der Waals surface area contributed by atoms with E-state index in [1.54, 1.807) is 0 Å². The number of rotatable bonds is 18. The van der Waals surface area contributed by atoms with Crippen molar-refractivity contribution in [1.82, 2.24) is 0 Å². The molecular weight excluding hydrogens is 378 g/mol. The van der Waals surface area contributed by atoms with Crippen molar-refractivity contribution in [3.63, 3.8) is 0 Å². The van der Waals surface area contributed by atoms with Crippen molar-refractivity contribution in [1.29, 1.82) is 0 Å². The summed E-state index contributed by atoms with van der Waals surface area (Å²) in [6, 6.07) is 0. The van der Waals surface area contributed by atoms with Crippen LogP contribution in [0.1, 0.15) is 123 Å². The second-order valence-electron chi connectivity index (χ2n) is 7.42. The van der Waals surface area contributed by atoms with Gasteiger partial charge in [0.05, 0.1) is 5.66 Å². The van der Waals surface area contributed by atoms with Crippen LogP contribution < -0.4 is 0 Å². The molecule has 0 fully saturated rings. The molecule has 0 radical (unpaired) electrons. The minimum absolute atomic E-state index is 0. The van der Waals surface area contributed by atoms with Gasteiger partial charge in [-0.05, 0) is 12.8 Å². The Morgan fingerprint density at radius 3 is 1.16 bits per heavy atom. The maximum atomic E-state index is 11.7. The summed E-state index contributed by atoms with van der Waals surface area (Å²) in [5.74, 6) is 0. The van der Waals surface area contributed by atoms with Crippen LogP contribution in [0.3, 0.4) is 0 Å². The molecule has 1 unspecified atom stereocenters. The molecule has 0 amide bonds. The number of hydrogen-bond donors (Lipinski definition) is 2. The van der Waals surface area contributed by atoms with Crippen LogP contribution in [0.15, 0.2) is 0 Å². The summed E-state index contributed by atoms with van der Waals surface area (Å²) < 4.78 is 11.7. The van der Waals surface area contributed by atoms with E-state index in [-0.39, 0.29) is 16.5 Å². The molecule has 0 aliphatic heterocycles. The van der Waals surface area contributed by atoms with E-state index in [4.69, 9.17) is 0 Å². The summed E-state index contributed by atoms with van der Waals surface area (Å²) in [6.45, 7) is 4.45. The van der Waals surface area contributed by atoms with Gasteiger partial charge in [-0.15, -0.1) is 0 Å². The molecule has 0 saturated heterocycles. The second kappa shape index (κ2) is 19.4. The predicted octanol–water partition coefficient (Wildman–Crippen LogP) is 7.20. The molecule has 0 aliphatic rings. The van der Waals surface area contributed by atoms with Gasteiger partial charge in [0.15, 0.2) is 0 Å². The van der Waals surface area contributed by atoms with Crippen LogP contribution in [0.25, 0.3) is 0 Å². The van der Waals surface area contributed by atoms with Gasteiger partial charge in [-0.3, -0.25) is 4.57 Å². The fourth-order valence-electron chi connectivity index (χ4n) is 3.33. The fourth-order valence-corrected chi connectivity index (χ4v) is 4.37. The second-order valence-corrected chi connectivity index (χ2v) is 9.32. The van der Waals surface area contributed by atoms with Crippen molar-refractivity contribution in [2.75, 3.05) is 0 Å².